The Morgan fingerprint density at radius 1 is 1.09 bits per heavy atom. The smallest absolute Gasteiger partial charge is 0.225 e. The molecule has 1 aliphatic carbocycles. The van der Waals surface area contributed by atoms with Gasteiger partial charge in [-0.2, -0.15) is 0 Å². The first-order valence-electron chi connectivity index (χ1n) is 12.3. The van der Waals surface area contributed by atoms with Crippen LogP contribution in [0.3, 0.4) is 0 Å². The van der Waals surface area contributed by atoms with Crippen molar-refractivity contribution in [3.05, 3.63) is 23.9 Å². The summed E-state index contributed by atoms with van der Waals surface area (Å²) in [6, 6.07) is 4.51. The van der Waals surface area contributed by atoms with Gasteiger partial charge in [0.05, 0.1) is 0 Å². The van der Waals surface area contributed by atoms with Gasteiger partial charge in [0.1, 0.15) is 5.82 Å². The van der Waals surface area contributed by atoms with Gasteiger partial charge < -0.3 is 25.3 Å². The first-order chi connectivity index (χ1) is 15.6. The van der Waals surface area contributed by atoms with E-state index in [0.29, 0.717) is 12.5 Å². The standard InChI is InChI=1S/C24H39N7O.HI/c1-25-24(28-21-10-11-31(18-21)23(32)20-6-4-3-5-7-20)27-17-19-8-9-22(26-16-19)30-14-12-29(2)13-15-30;/h8-9,16,20-21H,3-7,10-15,17-18H2,1-2H3,(H2,25,27,28);1H. The largest absolute Gasteiger partial charge is 0.354 e. The number of rotatable bonds is 5. The maximum atomic E-state index is 12.8. The van der Waals surface area contributed by atoms with Crippen LogP contribution >= 0.6 is 24.0 Å². The molecule has 1 saturated carbocycles. The molecule has 33 heavy (non-hydrogen) atoms. The molecule has 0 aromatic carbocycles. The van der Waals surface area contributed by atoms with E-state index in [0.717, 1.165) is 75.9 Å². The minimum Gasteiger partial charge on any atom is -0.354 e. The molecule has 184 valence electrons. The average molecular weight is 570 g/mol. The number of anilines is 1. The Hall–Kier alpha value is -1.62. The Bertz CT molecular complexity index is 774. The van der Waals surface area contributed by atoms with E-state index in [1.165, 1.54) is 19.3 Å². The molecule has 0 radical (unpaired) electrons. The van der Waals surface area contributed by atoms with Gasteiger partial charge in [-0.25, -0.2) is 4.98 Å². The fourth-order valence-corrected chi connectivity index (χ4v) is 5.00. The van der Waals surface area contributed by atoms with E-state index >= 15 is 0 Å². The number of carbonyl (C=O) groups excluding carboxylic acids is 1. The SMILES string of the molecule is CN=C(NCc1ccc(N2CCN(C)CC2)nc1)NC1CCN(C(=O)C2CCCCC2)C1.I. The number of likely N-dealkylation sites (tertiary alicyclic amines) is 1. The fourth-order valence-electron chi connectivity index (χ4n) is 5.00. The molecule has 0 spiro atoms. The van der Waals surface area contributed by atoms with Gasteiger partial charge in [-0.3, -0.25) is 9.79 Å². The first-order valence-corrected chi connectivity index (χ1v) is 12.3. The number of nitrogens with zero attached hydrogens (tertiary/aromatic N) is 5. The van der Waals surface area contributed by atoms with E-state index < -0.39 is 0 Å². The minimum atomic E-state index is 0. The summed E-state index contributed by atoms with van der Waals surface area (Å²) in [5.41, 5.74) is 1.13. The molecule has 3 fully saturated rings. The molecule has 1 unspecified atom stereocenters. The lowest BCUT2D eigenvalue weighted by molar-refractivity contribution is -0.135. The first kappa shape index (κ1) is 26.0. The number of carbonyl (C=O) groups is 1. The number of hydrogen-bond donors (Lipinski definition) is 2. The van der Waals surface area contributed by atoms with Crippen LogP contribution in [0.25, 0.3) is 0 Å². The van der Waals surface area contributed by atoms with E-state index in [1.807, 2.05) is 6.20 Å². The van der Waals surface area contributed by atoms with Crippen molar-refractivity contribution in [3.63, 3.8) is 0 Å². The molecule has 1 aromatic heterocycles. The molecule has 2 aliphatic heterocycles. The fraction of sp³-hybridized carbons (Fsp3) is 0.708. The van der Waals surface area contributed by atoms with Gasteiger partial charge in [-0.1, -0.05) is 25.3 Å². The molecule has 9 heteroatoms. The summed E-state index contributed by atoms with van der Waals surface area (Å²) in [6.07, 6.45) is 8.75. The van der Waals surface area contributed by atoms with Crippen LogP contribution in [-0.4, -0.2) is 86.1 Å². The van der Waals surface area contributed by atoms with E-state index in [-0.39, 0.29) is 35.9 Å². The third kappa shape index (κ3) is 7.18. The summed E-state index contributed by atoms with van der Waals surface area (Å²) >= 11 is 0. The second kappa shape index (κ2) is 12.7. The maximum Gasteiger partial charge on any atom is 0.225 e. The molecule has 4 rings (SSSR count). The van der Waals surface area contributed by atoms with Crippen LogP contribution < -0.4 is 15.5 Å². The predicted molar refractivity (Wildman–Crippen MR) is 144 cm³/mol. The Morgan fingerprint density at radius 2 is 1.85 bits per heavy atom. The van der Waals surface area contributed by atoms with Gasteiger partial charge in [0, 0.05) is 71.0 Å². The van der Waals surface area contributed by atoms with Crippen molar-refractivity contribution in [2.75, 3.05) is 58.3 Å². The average Bonchev–Trinajstić information content (AvgIpc) is 3.31. The maximum absolute atomic E-state index is 12.8. The predicted octanol–water partition coefficient (Wildman–Crippen LogP) is 2.30. The second-order valence-corrected chi connectivity index (χ2v) is 9.49. The number of piperazine rings is 1. The molecular formula is C24H40IN7O. The van der Waals surface area contributed by atoms with Crippen LogP contribution in [0.1, 0.15) is 44.1 Å². The Kier molecular flexibility index (Phi) is 10.0. The Morgan fingerprint density at radius 3 is 2.52 bits per heavy atom. The van der Waals surface area contributed by atoms with Crippen LogP contribution in [0.4, 0.5) is 5.82 Å². The van der Waals surface area contributed by atoms with E-state index in [4.69, 9.17) is 0 Å². The molecule has 3 heterocycles. The third-order valence-corrected chi connectivity index (χ3v) is 7.12. The number of amides is 1. The number of nitrogens with one attached hydrogen (secondary N) is 2. The molecule has 8 nitrogen and oxygen atoms in total. The highest BCUT2D eigenvalue weighted by molar-refractivity contribution is 14.0. The lowest BCUT2D eigenvalue weighted by Crippen LogP contribution is -2.45. The van der Waals surface area contributed by atoms with Gasteiger partial charge in [0.2, 0.25) is 5.91 Å². The van der Waals surface area contributed by atoms with Crippen LogP contribution in [0.5, 0.6) is 0 Å². The van der Waals surface area contributed by atoms with Crippen molar-refractivity contribution in [1.29, 1.82) is 0 Å². The molecule has 2 N–H and O–H groups in total. The van der Waals surface area contributed by atoms with Crippen molar-refractivity contribution in [1.82, 2.24) is 25.4 Å². The van der Waals surface area contributed by atoms with Crippen LogP contribution in [0, 0.1) is 5.92 Å². The van der Waals surface area contributed by atoms with Gasteiger partial charge in [-0.15, -0.1) is 24.0 Å². The van der Waals surface area contributed by atoms with Crippen molar-refractivity contribution in [2.24, 2.45) is 10.9 Å². The molecule has 1 aromatic rings. The zero-order chi connectivity index (χ0) is 22.3. The Balaban J connectivity index is 0.00000306. The van der Waals surface area contributed by atoms with Crippen molar-refractivity contribution < 1.29 is 4.79 Å². The van der Waals surface area contributed by atoms with Crippen LogP contribution in [0.15, 0.2) is 23.3 Å². The summed E-state index contributed by atoms with van der Waals surface area (Å²) in [4.78, 5) is 28.6. The van der Waals surface area contributed by atoms with Crippen molar-refractivity contribution in [3.8, 4) is 0 Å². The number of pyridine rings is 1. The van der Waals surface area contributed by atoms with Gasteiger partial charge in [0.15, 0.2) is 5.96 Å². The zero-order valence-electron chi connectivity index (χ0n) is 20.1. The van der Waals surface area contributed by atoms with Crippen LogP contribution in [-0.2, 0) is 11.3 Å². The molecule has 2 saturated heterocycles. The summed E-state index contributed by atoms with van der Waals surface area (Å²) in [7, 11) is 3.96. The van der Waals surface area contributed by atoms with Crippen molar-refractivity contribution >= 4 is 41.7 Å². The highest BCUT2D eigenvalue weighted by Crippen LogP contribution is 2.26. The van der Waals surface area contributed by atoms with Crippen LogP contribution in [0.2, 0.25) is 0 Å². The molecule has 1 atom stereocenters. The number of likely N-dealkylation sites (N-methyl/N-ethyl adjacent to an activating group) is 1. The lowest BCUT2D eigenvalue weighted by Gasteiger charge is -2.33. The van der Waals surface area contributed by atoms with Crippen molar-refractivity contribution in [2.45, 2.75) is 51.1 Å². The molecule has 1 amide bonds. The van der Waals surface area contributed by atoms with E-state index in [9.17, 15) is 4.79 Å². The molecular weight excluding hydrogens is 529 g/mol. The minimum absolute atomic E-state index is 0. The summed E-state index contributed by atoms with van der Waals surface area (Å²) < 4.78 is 0. The topological polar surface area (TPSA) is 76.1 Å². The van der Waals surface area contributed by atoms with Gasteiger partial charge in [-0.05, 0) is 37.9 Å². The highest BCUT2D eigenvalue weighted by atomic mass is 127. The number of hydrogen-bond acceptors (Lipinski definition) is 5. The van der Waals surface area contributed by atoms with Gasteiger partial charge >= 0.3 is 0 Å². The quantitative estimate of drug-likeness (QED) is 0.322. The summed E-state index contributed by atoms with van der Waals surface area (Å²) in [6.45, 7) is 6.51. The van der Waals surface area contributed by atoms with Gasteiger partial charge in [0.25, 0.3) is 0 Å². The zero-order valence-corrected chi connectivity index (χ0v) is 22.5. The summed E-state index contributed by atoms with van der Waals surface area (Å²) in [5.74, 6) is 2.45. The number of halogens is 1. The third-order valence-electron chi connectivity index (χ3n) is 7.12. The molecule has 3 aliphatic rings. The van der Waals surface area contributed by atoms with E-state index in [2.05, 4.69) is 54.5 Å². The number of guanidine groups is 1. The number of aliphatic imine (C=N–C) groups is 1. The second-order valence-electron chi connectivity index (χ2n) is 9.49. The normalized spacial score (nSPS) is 22.7. The van der Waals surface area contributed by atoms with E-state index in [1.54, 1.807) is 7.05 Å². The monoisotopic (exact) mass is 569 g/mol. The molecule has 0 bridgehead atoms. The lowest BCUT2D eigenvalue weighted by atomic mass is 9.88. The Labute approximate surface area is 215 Å². The highest BCUT2D eigenvalue weighted by Gasteiger charge is 2.31. The number of aromatic nitrogens is 1. The summed E-state index contributed by atoms with van der Waals surface area (Å²) in [5, 5.41) is 6.90.